The van der Waals surface area contributed by atoms with E-state index >= 15 is 0 Å². The lowest BCUT2D eigenvalue weighted by Crippen LogP contribution is -2.41. The van der Waals surface area contributed by atoms with Gasteiger partial charge in [-0.15, -0.1) is 0 Å². The van der Waals surface area contributed by atoms with Gasteiger partial charge in [0.25, 0.3) is 0 Å². The molecular weight excluding hydrogens is 254 g/mol. The number of likely N-dealkylation sites (N-methyl/N-ethyl adjacent to an activating group) is 1. The number of hydrogen-bond acceptors (Lipinski definition) is 3. The van der Waals surface area contributed by atoms with Crippen LogP contribution >= 0.6 is 0 Å². The molecule has 1 atom stereocenters. The Morgan fingerprint density at radius 2 is 2.00 bits per heavy atom. The van der Waals surface area contributed by atoms with E-state index in [0.717, 1.165) is 32.4 Å². The standard InChI is InChI=1S/C15H27N3O2/c1-11(2)9-17-13(19)10-18(3)14(20)12-8-15(12)4-6-16-7-5-15/h11-12,16H,4-10H2,1-3H3,(H,17,19). The van der Waals surface area contributed by atoms with E-state index in [1.54, 1.807) is 11.9 Å². The van der Waals surface area contributed by atoms with Crippen LogP contribution in [0.5, 0.6) is 0 Å². The van der Waals surface area contributed by atoms with Crippen molar-refractivity contribution >= 4 is 11.8 Å². The van der Waals surface area contributed by atoms with Crippen LogP contribution in [-0.2, 0) is 9.59 Å². The molecule has 5 nitrogen and oxygen atoms in total. The van der Waals surface area contributed by atoms with Crippen molar-refractivity contribution in [2.24, 2.45) is 17.3 Å². The molecule has 2 amide bonds. The van der Waals surface area contributed by atoms with Crippen molar-refractivity contribution in [2.45, 2.75) is 33.1 Å². The zero-order valence-corrected chi connectivity index (χ0v) is 12.9. The first-order chi connectivity index (χ1) is 9.44. The summed E-state index contributed by atoms with van der Waals surface area (Å²) in [4.78, 5) is 25.7. The summed E-state index contributed by atoms with van der Waals surface area (Å²) in [5.41, 5.74) is 0.241. The highest BCUT2D eigenvalue weighted by molar-refractivity contribution is 5.87. The van der Waals surface area contributed by atoms with Crippen LogP contribution in [0.25, 0.3) is 0 Å². The zero-order valence-electron chi connectivity index (χ0n) is 12.9. The summed E-state index contributed by atoms with van der Waals surface area (Å²) >= 11 is 0. The zero-order chi connectivity index (χ0) is 14.8. The molecule has 20 heavy (non-hydrogen) atoms. The Hall–Kier alpha value is -1.10. The van der Waals surface area contributed by atoms with Crippen molar-refractivity contribution in [3.8, 4) is 0 Å². The summed E-state index contributed by atoms with van der Waals surface area (Å²) < 4.78 is 0. The number of carbonyl (C=O) groups excluding carboxylic acids is 2. The van der Waals surface area contributed by atoms with E-state index in [1.807, 2.05) is 0 Å². The highest BCUT2D eigenvalue weighted by Crippen LogP contribution is 2.59. The first-order valence-corrected chi connectivity index (χ1v) is 7.67. The second-order valence-electron chi connectivity index (χ2n) is 6.76. The minimum atomic E-state index is -0.0606. The summed E-state index contributed by atoms with van der Waals surface area (Å²) in [5.74, 6) is 0.662. The third kappa shape index (κ3) is 3.51. The molecule has 2 fully saturated rings. The van der Waals surface area contributed by atoms with Crippen LogP contribution in [0.3, 0.4) is 0 Å². The molecule has 0 aromatic carbocycles. The molecule has 1 aliphatic heterocycles. The van der Waals surface area contributed by atoms with Gasteiger partial charge in [-0.25, -0.2) is 0 Å². The predicted octanol–water partition coefficient (Wildman–Crippen LogP) is 0.607. The summed E-state index contributed by atoms with van der Waals surface area (Å²) in [6.45, 7) is 6.99. The molecule has 0 aromatic rings. The molecule has 2 N–H and O–H groups in total. The first kappa shape index (κ1) is 15.3. The summed E-state index contributed by atoms with van der Waals surface area (Å²) in [6, 6.07) is 0. The molecule has 2 rings (SSSR count). The highest BCUT2D eigenvalue weighted by atomic mass is 16.2. The van der Waals surface area contributed by atoms with Gasteiger partial charge >= 0.3 is 0 Å². The van der Waals surface area contributed by atoms with Crippen LogP contribution in [0, 0.1) is 17.3 Å². The molecule has 1 saturated heterocycles. The van der Waals surface area contributed by atoms with E-state index < -0.39 is 0 Å². The quantitative estimate of drug-likeness (QED) is 0.776. The second-order valence-corrected chi connectivity index (χ2v) is 6.76. The maximum Gasteiger partial charge on any atom is 0.239 e. The fourth-order valence-corrected chi connectivity index (χ4v) is 3.11. The van der Waals surface area contributed by atoms with Crippen LogP contribution in [-0.4, -0.2) is 49.9 Å². The van der Waals surface area contributed by atoms with Crippen molar-refractivity contribution < 1.29 is 9.59 Å². The Morgan fingerprint density at radius 1 is 1.35 bits per heavy atom. The Labute approximate surface area is 121 Å². The van der Waals surface area contributed by atoms with E-state index in [2.05, 4.69) is 24.5 Å². The maximum absolute atomic E-state index is 12.4. The van der Waals surface area contributed by atoms with E-state index in [1.165, 1.54) is 0 Å². The number of piperidine rings is 1. The Bertz CT molecular complexity index is 375. The highest BCUT2D eigenvalue weighted by Gasteiger charge is 2.58. The minimum Gasteiger partial charge on any atom is -0.354 e. The van der Waals surface area contributed by atoms with Gasteiger partial charge in [0.2, 0.25) is 11.8 Å². The van der Waals surface area contributed by atoms with E-state index in [0.29, 0.717) is 12.5 Å². The number of carbonyl (C=O) groups is 2. The molecule has 114 valence electrons. The summed E-state index contributed by atoms with van der Waals surface area (Å²) in [7, 11) is 1.74. The molecule has 1 spiro atoms. The lowest BCUT2D eigenvalue weighted by atomic mass is 9.91. The lowest BCUT2D eigenvalue weighted by Gasteiger charge is -2.25. The van der Waals surface area contributed by atoms with Gasteiger partial charge in [0.15, 0.2) is 0 Å². The third-order valence-corrected chi connectivity index (χ3v) is 4.55. The van der Waals surface area contributed by atoms with Crippen LogP contribution < -0.4 is 10.6 Å². The molecule has 1 heterocycles. The number of rotatable bonds is 5. The number of nitrogens with zero attached hydrogens (tertiary/aromatic N) is 1. The average molecular weight is 281 g/mol. The van der Waals surface area contributed by atoms with Gasteiger partial charge in [-0.05, 0) is 43.7 Å². The average Bonchev–Trinajstić information content (AvgIpc) is 3.09. The van der Waals surface area contributed by atoms with Gasteiger partial charge in [0.05, 0.1) is 6.54 Å². The van der Waals surface area contributed by atoms with Crippen LogP contribution in [0.4, 0.5) is 0 Å². The van der Waals surface area contributed by atoms with Crippen molar-refractivity contribution in [2.75, 3.05) is 33.2 Å². The van der Waals surface area contributed by atoms with Crippen molar-refractivity contribution in [1.29, 1.82) is 0 Å². The van der Waals surface area contributed by atoms with Crippen LogP contribution in [0.2, 0.25) is 0 Å². The van der Waals surface area contributed by atoms with Crippen molar-refractivity contribution in [3.63, 3.8) is 0 Å². The Kier molecular flexibility index (Phi) is 4.68. The van der Waals surface area contributed by atoms with E-state index in [9.17, 15) is 9.59 Å². The number of amides is 2. The van der Waals surface area contributed by atoms with Gasteiger partial charge in [-0.2, -0.15) is 0 Å². The first-order valence-electron chi connectivity index (χ1n) is 7.67. The summed E-state index contributed by atoms with van der Waals surface area (Å²) in [6.07, 6.45) is 3.19. The second kappa shape index (κ2) is 6.12. The number of hydrogen-bond donors (Lipinski definition) is 2. The molecule has 5 heteroatoms. The fraction of sp³-hybridized carbons (Fsp3) is 0.867. The van der Waals surface area contributed by atoms with Crippen LogP contribution in [0.1, 0.15) is 33.1 Å². The van der Waals surface area contributed by atoms with E-state index in [-0.39, 0.29) is 29.7 Å². The molecule has 1 unspecified atom stereocenters. The SMILES string of the molecule is CC(C)CNC(=O)CN(C)C(=O)C1CC12CCNCC2. The minimum absolute atomic E-state index is 0.0606. The molecular formula is C15H27N3O2. The largest absolute Gasteiger partial charge is 0.354 e. The Balaban J connectivity index is 1.77. The molecule has 0 aromatic heterocycles. The normalized spacial score (nSPS) is 23.7. The fourth-order valence-electron chi connectivity index (χ4n) is 3.11. The van der Waals surface area contributed by atoms with E-state index in [4.69, 9.17) is 0 Å². The van der Waals surface area contributed by atoms with Gasteiger partial charge in [0.1, 0.15) is 0 Å². The maximum atomic E-state index is 12.4. The molecule has 1 aliphatic carbocycles. The van der Waals surface area contributed by atoms with Gasteiger partial charge in [-0.3, -0.25) is 9.59 Å². The van der Waals surface area contributed by atoms with Gasteiger partial charge < -0.3 is 15.5 Å². The lowest BCUT2D eigenvalue weighted by molar-refractivity contribution is -0.136. The molecule has 0 bridgehead atoms. The smallest absolute Gasteiger partial charge is 0.239 e. The monoisotopic (exact) mass is 281 g/mol. The predicted molar refractivity (Wildman–Crippen MR) is 78.1 cm³/mol. The molecule has 0 radical (unpaired) electrons. The topological polar surface area (TPSA) is 61.4 Å². The summed E-state index contributed by atoms with van der Waals surface area (Å²) in [5, 5.41) is 6.19. The van der Waals surface area contributed by atoms with Gasteiger partial charge in [-0.1, -0.05) is 13.8 Å². The van der Waals surface area contributed by atoms with Crippen LogP contribution in [0.15, 0.2) is 0 Å². The number of nitrogens with one attached hydrogen (secondary N) is 2. The molecule has 1 saturated carbocycles. The third-order valence-electron chi connectivity index (χ3n) is 4.55. The Morgan fingerprint density at radius 3 is 2.60 bits per heavy atom. The van der Waals surface area contributed by atoms with Crippen molar-refractivity contribution in [3.05, 3.63) is 0 Å². The van der Waals surface area contributed by atoms with Gasteiger partial charge in [0, 0.05) is 19.5 Å². The molecule has 2 aliphatic rings. The van der Waals surface area contributed by atoms with Crippen molar-refractivity contribution in [1.82, 2.24) is 15.5 Å².